The van der Waals surface area contributed by atoms with Crippen molar-refractivity contribution in [1.82, 2.24) is 0 Å². The van der Waals surface area contributed by atoms with E-state index >= 15 is 0 Å². The minimum atomic E-state index is -0.116. The fourth-order valence-electron chi connectivity index (χ4n) is 4.27. The van der Waals surface area contributed by atoms with E-state index in [0.29, 0.717) is 5.25 Å². The number of ether oxygens (including phenoxy) is 1. The van der Waals surface area contributed by atoms with Gasteiger partial charge < -0.3 is 10.1 Å². The third-order valence-corrected chi connectivity index (χ3v) is 6.97. The number of para-hydroxylation sites is 2. The van der Waals surface area contributed by atoms with Crippen LogP contribution in [-0.2, 0) is 6.42 Å². The molecule has 1 aliphatic heterocycles. The van der Waals surface area contributed by atoms with Crippen molar-refractivity contribution in [2.75, 3.05) is 18.2 Å². The first kappa shape index (κ1) is 21.6. The molecule has 0 saturated carbocycles. The van der Waals surface area contributed by atoms with Gasteiger partial charge in [-0.2, -0.15) is 11.8 Å². The average molecular weight is 430 g/mol. The second kappa shape index (κ2) is 9.23. The van der Waals surface area contributed by atoms with Gasteiger partial charge in [0.25, 0.3) is 0 Å². The fraction of sp³-hybridized carbons (Fsp3) is 0.286. The first-order valence-electron chi connectivity index (χ1n) is 10.9. The highest BCUT2D eigenvalue weighted by Gasteiger charge is 2.29. The number of methoxy groups -OCH3 is 1. The highest BCUT2D eigenvalue weighted by molar-refractivity contribution is 8.00. The standard InChI is InChI=1S/C28H31NOS/c1-20(31-18-17-21-11-6-5-7-12-21)25-19-28(2,3)29-27-23(14-10-15-24(25)27)22-13-8-9-16-26(22)30-4/h5-16,19-20,29H,17-18H2,1-4H3. The minimum absolute atomic E-state index is 0.116. The second-order valence-electron chi connectivity index (χ2n) is 8.62. The van der Waals surface area contributed by atoms with Crippen molar-refractivity contribution in [3.05, 3.63) is 90.0 Å². The van der Waals surface area contributed by atoms with Gasteiger partial charge >= 0.3 is 0 Å². The van der Waals surface area contributed by atoms with Crippen LogP contribution in [0.5, 0.6) is 5.75 Å². The zero-order valence-electron chi connectivity index (χ0n) is 18.8. The Morgan fingerprint density at radius 3 is 2.32 bits per heavy atom. The van der Waals surface area contributed by atoms with E-state index in [2.05, 4.69) is 92.8 Å². The molecule has 3 aromatic carbocycles. The smallest absolute Gasteiger partial charge is 0.126 e. The normalized spacial score (nSPS) is 15.4. The molecule has 0 saturated heterocycles. The maximum Gasteiger partial charge on any atom is 0.126 e. The molecule has 1 atom stereocenters. The molecule has 1 aliphatic rings. The van der Waals surface area contributed by atoms with E-state index in [1.807, 2.05) is 23.9 Å². The Morgan fingerprint density at radius 1 is 0.871 bits per heavy atom. The van der Waals surface area contributed by atoms with Crippen LogP contribution in [0.3, 0.4) is 0 Å². The van der Waals surface area contributed by atoms with Gasteiger partial charge in [-0.1, -0.05) is 72.8 Å². The lowest BCUT2D eigenvalue weighted by molar-refractivity contribution is 0.416. The van der Waals surface area contributed by atoms with Gasteiger partial charge in [-0.05, 0) is 50.1 Å². The molecule has 1 heterocycles. The van der Waals surface area contributed by atoms with E-state index in [-0.39, 0.29) is 5.54 Å². The van der Waals surface area contributed by atoms with Crippen molar-refractivity contribution >= 4 is 23.0 Å². The summed E-state index contributed by atoms with van der Waals surface area (Å²) in [5, 5.41) is 4.19. The minimum Gasteiger partial charge on any atom is -0.496 e. The predicted octanol–water partition coefficient (Wildman–Crippen LogP) is 7.31. The summed E-state index contributed by atoms with van der Waals surface area (Å²) in [6.45, 7) is 6.83. The van der Waals surface area contributed by atoms with Gasteiger partial charge in [-0.3, -0.25) is 0 Å². The number of fused-ring (bicyclic) bond motifs is 1. The quantitative estimate of drug-likeness (QED) is 0.425. The molecule has 0 fully saturated rings. The Labute approximate surface area is 190 Å². The zero-order chi connectivity index (χ0) is 21.8. The van der Waals surface area contributed by atoms with Crippen LogP contribution in [0.25, 0.3) is 16.7 Å². The molecule has 160 valence electrons. The van der Waals surface area contributed by atoms with Crippen molar-refractivity contribution in [3.63, 3.8) is 0 Å². The Hall–Kier alpha value is -2.65. The summed E-state index contributed by atoms with van der Waals surface area (Å²) < 4.78 is 5.67. The molecular weight excluding hydrogens is 398 g/mol. The summed E-state index contributed by atoms with van der Waals surface area (Å²) in [5.41, 5.74) is 7.50. The molecule has 0 amide bonds. The van der Waals surface area contributed by atoms with Crippen LogP contribution in [0.1, 0.15) is 31.9 Å². The second-order valence-corrected chi connectivity index (χ2v) is 10.1. The summed E-state index contributed by atoms with van der Waals surface area (Å²) in [4.78, 5) is 0. The van der Waals surface area contributed by atoms with Crippen molar-refractivity contribution in [2.45, 2.75) is 38.0 Å². The number of nitrogens with one attached hydrogen (secondary N) is 1. The summed E-state index contributed by atoms with van der Waals surface area (Å²) in [5.74, 6) is 2.01. The van der Waals surface area contributed by atoms with Crippen LogP contribution in [0.15, 0.2) is 78.9 Å². The van der Waals surface area contributed by atoms with E-state index in [4.69, 9.17) is 4.74 Å². The van der Waals surface area contributed by atoms with E-state index in [1.165, 1.54) is 28.0 Å². The van der Waals surface area contributed by atoms with Crippen LogP contribution in [-0.4, -0.2) is 23.7 Å². The van der Waals surface area contributed by atoms with Gasteiger partial charge in [-0.25, -0.2) is 0 Å². The van der Waals surface area contributed by atoms with Crippen LogP contribution < -0.4 is 10.1 Å². The molecule has 0 radical (unpaired) electrons. The number of anilines is 1. The van der Waals surface area contributed by atoms with Gasteiger partial charge in [0.1, 0.15) is 5.75 Å². The van der Waals surface area contributed by atoms with Crippen molar-refractivity contribution in [3.8, 4) is 16.9 Å². The third-order valence-electron chi connectivity index (χ3n) is 5.78. The topological polar surface area (TPSA) is 21.3 Å². The Bertz CT molecular complexity index is 1070. The molecular formula is C28H31NOS. The Kier molecular flexibility index (Phi) is 6.43. The van der Waals surface area contributed by atoms with Gasteiger partial charge in [0.2, 0.25) is 0 Å². The van der Waals surface area contributed by atoms with Crippen LogP contribution in [0, 0.1) is 0 Å². The number of hydrogen-bond acceptors (Lipinski definition) is 3. The molecule has 0 bridgehead atoms. The molecule has 31 heavy (non-hydrogen) atoms. The fourth-order valence-corrected chi connectivity index (χ4v) is 5.35. The zero-order valence-corrected chi connectivity index (χ0v) is 19.6. The lowest BCUT2D eigenvalue weighted by atomic mass is 9.86. The Morgan fingerprint density at radius 2 is 1.55 bits per heavy atom. The number of thioether (sulfide) groups is 1. The van der Waals surface area contributed by atoms with Crippen molar-refractivity contribution < 1.29 is 4.74 Å². The maximum absolute atomic E-state index is 5.67. The molecule has 2 nitrogen and oxygen atoms in total. The van der Waals surface area contributed by atoms with Gasteiger partial charge in [-0.15, -0.1) is 0 Å². The lowest BCUT2D eigenvalue weighted by Gasteiger charge is -2.35. The van der Waals surface area contributed by atoms with Gasteiger partial charge in [0.05, 0.1) is 18.3 Å². The average Bonchev–Trinajstić information content (AvgIpc) is 2.78. The first-order valence-corrected chi connectivity index (χ1v) is 12.0. The van der Waals surface area contributed by atoms with E-state index in [1.54, 1.807) is 7.11 Å². The van der Waals surface area contributed by atoms with E-state index in [0.717, 1.165) is 23.5 Å². The summed E-state index contributed by atoms with van der Waals surface area (Å²) >= 11 is 2.03. The highest BCUT2D eigenvalue weighted by atomic mass is 32.2. The van der Waals surface area contributed by atoms with E-state index < -0.39 is 0 Å². The summed E-state index contributed by atoms with van der Waals surface area (Å²) in [6.07, 6.45) is 3.50. The summed E-state index contributed by atoms with van der Waals surface area (Å²) in [6, 6.07) is 25.6. The van der Waals surface area contributed by atoms with Crippen LogP contribution >= 0.6 is 11.8 Å². The molecule has 3 aromatic rings. The largest absolute Gasteiger partial charge is 0.496 e. The lowest BCUT2D eigenvalue weighted by Crippen LogP contribution is -2.33. The SMILES string of the molecule is COc1ccccc1-c1cccc2c1NC(C)(C)C=C2C(C)SCCc1ccccc1. The molecule has 0 spiro atoms. The molecule has 0 aromatic heterocycles. The number of rotatable bonds is 7. The number of hydrogen-bond donors (Lipinski definition) is 1. The van der Waals surface area contributed by atoms with Gasteiger partial charge in [0, 0.05) is 21.9 Å². The molecule has 1 N–H and O–H groups in total. The van der Waals surface area contributed by atoms with Crippen LogP contribution in [0.4, 0.5) is 5.69 Å². The third kappa shape index (κ3) is 4.83. The highest BCUT2D eigenvalue weighted by Crippen LogP contribution is 2.45. The molecule has 3 heteroatoms. The predicted molar refractivity (Wildman–Crippen MR) is 136 cm³/mol. The first-order chi connectivity index (χ1) is 15.0. The molecule has 0 aliphatic carbocycles. The van der Waals surface area contributed by atoms with Gasteiger partial charge in [0.15, 0.2) is 0 Å². The van der Waals surface area contributed by atoms with Crippen LogP contribution in [0.2, 0.25) is 0 Å². The van der Waals surface area contributed by atoms with Crippen molar-refractivity contribution in [1.29, 1.82) is 0 Å². The monoisotopic (exact) mass is 429 g/mol. The number of benzene rings is 3. The van der Waals surface area contributed by atoms with E-state index in [9.17, 15) is 0 Å². The van der Waals surface area contributed by atoms with Crippen molar-refractivity contribution in [2.24, 2.45) is 0 Å². The molecule has 1 unspecified atom stereocenters. The number of aryl methyl sites for hydroxylation is 1. The molecule has 4 rings (SSSR count). The maximum atomic E-state index is 5.67. The summed E-state index contributed by atoms with van der Waals surface area (Å²) in [7, 11) is 1.74. The Balaban J connectivity index is 1.64.